The van der Waals surface area contributed by atoms with Crippen LogP contribution in [0.5, 0.6) is 0 Å². The Morgan fingerprint density at radius 3 is 2.74 bits per heavy atom. The van der Waals surface area contributed by atoms with Gasteiger partial charge in [0.05, 0.1) is 5.57 Å². The molecule has 6 heteroatoms. The molecule has 3 rings (SSSR count). The predicted molar refractivity (Wildman–Crippen MR) is 88.5 cm³/mol. The number of hydrogen-bond acceptors (Lipinski definition) is 4. The van der Waals surface area contributed by atoms with Crippen LogP contribution in [-0.2, 0) is 9.59 Å². The second-order valence-corrected chi connectivity index (χ2v) is 6.15. The Morgan fingerprint density at radius 1 is 1.39 bits per heavy atom. The van der Waals surface area contributed by atoms with E-state index in [1.807, 2.05) is 32.0 Å². The summed E-state index contributed by atoms with van der Waals surface area (Å²) in [5.41, 5.74) is 3.43. The van der Waals surface area contributed by atoms with E-state index in [1.165, 1.54) is 0 Å². The van der Waals surface area contributed by atoms with Gasteiger partial charge in [-0.1, -0.05) is 26.0 Å². The predicted octanol–water partition coefficient (Wildman–Crippen LogP) is 1.87. The molecular formula is C17H19N3O3. The van der Waals surface area contributed by atoms with Crippen molar-refractivity contribution in [1.82, 2.24) is 5.32 Å². The zero-order chi connectivity index (χ0) is 16.7. The van der Waals surface area contributed by atoms with E-state index in [1.54, 1.807) is 6.92 Å². The number of aliphatic imine (C=N–C) groups is 1. The van der Waals surface area contributed by atoms with Crippen molar-refractivity contribution in [2.24, 2.45) is 10.9 Å². The number of nitrogens with zero attached hydrogens (tertiary/aromatic N) is 1. The third-order valence-corrected chi connectivity index (χ3v) is 4.27. The highest BCUT2D eigenvalue weighted by Crippen LogP contribution is 2.34. The van der Waals surface area contributed by atoms with E-state index in [9.17, 15) is 14.7 Å². The average Bonchev–Trinajstić information content (AvgIpc) is 2.88. The highest BCUT2D eigenvalue weighted by Gasteiger charge is 2.32. The minimum atomic E-state index is -0.937. The number of rotatable bonds is 3. The number of carboxylic acid groups (broad SMARTS) is 1. The van der Waals surface area contributed by atoms with E-state index in [-0.39, 0.29) is 18.4 Å². The number of anilines is 1. The number of allylic oxidation sites excluding steroid dienone is 1. The normalized spacial score (nSPS) is 20.1. The third-order valence-electron chi connectivity index (χ3n) is 4.27. The van der Waals surface area contributed by atoms with Gasteiger partial charge in [0.25, 0.3) is 5.91 Å². The van der Waals surface area contributed by atoms with Crippen LogP contribution in [0.1, 0.15) is 31.9 Å². The quantitative estimate of drug-likeness (QED) is 0.794. The number of aliphatic carboxylic acids is 1. The molecule has 3 N–H and O–H groups in total. The van der Waals surface area contributed by atoms with Gasteiger partial charge in [0.1, 0.15) is 11.9 Å². The van der Waals surface area contributed by atoms with Crippen LogP contribution in [0.25, 0.3) is 5.57 Å². The molecule has 0 radical (unpaired) electrons. The van der Waals surface area contributed by atoms with E-state index in [0.717, 1.165) is 16.8 Å². The van der Waals surface area contributed by atoms with Crippen LogP contribution in [0.15, 0.2) is 28.8 Å². The first kappa shape index (κ1) is 15.3. The number of hydrogen-bond donors (Lipinski definition) is 3. The summed E-state index contributed by atoms with van der Waals surface area (Å²) in [6.07, 6.45) is 0. The van der Waals surface area contributed by atoms with Crippen molar-refractivity contribution in [3.8, 4) is 0 Å². The van der Waals surface area contributed by atoms with E-state index in [0.29, 0.717) is 17.0 Å². The Morgan fingerprint density at radius 2 is 2.13 bits per heavy atom. The Hall–Kier alpha value is -2.63. The van der Waals surface area contributed by atoms with Gasteiger partial charge in [-0.15, -0.1) is 0 Å². The van der Waals surface area contributed by atoms with Crippen LogP contribution in [0.4, 0.5) is 5.69 Å². The number of carbonyl (C=O) groups is 2. The van der Waals surface area contributed by atoms with Crippen molar-refractivity contribution in [1.29, 1.82) is 0 Å². The number of amides is 1. The molecule has 120 valence electrons. The minimum absolute atomic E-state index is 0.108. The van der Waals surface area contributed by atoms with Crippen LogP contribution in [0, 0.1) is 5.92 Å². The maximum atomic E-state index is 12.1. The van der Waals surface area contributed by atoms with Crippen molar-refractivity contribution in [2.45, 2.75) is 26.8 Å². The molecule has 6 nitrogen and oxygen atoms in total. The van der Waals surface area contributed by atoms with Crippen LogP contribution in [-0.4, -0.2) is 35.4 Å². The molecule has 1 atom stereocenters. The van der Waals surface area contributed by atoms with Crippen molar-refractivity contribution in [3.05, 3.63) is 34.9 Å². The summed E-state index contributed by atoms with van der Waals surface area (Å²) < 4.78 is 0. The SMILES string of the molecule is CC1=C(C(=O)O)CNc2cccc(C3=NC(C(C)C)C(=O)N3)c21. The maximum Gasteiger partial charge on any atom is 0.333 e. The van der Waals surface area contributed by atoms with Gasteiger partial charge in [0.15, 0.2) is 0 Å². The summed E-state index contributed by atoms with van der Waals surface area (Å²) in [6.45, 7) is 5.98. The Bertz CT molecular complexity index is 762. The zero-order valence-electron chi connectivity index (χ0n) is 13.3. The first-order valence-corrected chi connectivity index (χ1v) is 7.59. The molecule has 23 heavy (non-hydrogen) atoms. The molecule has 0 aliphatic carbocycles. The lowest BCUT2D eigenvalue weighted by molar-refractivity contribution is -0.132. The van der Waals surface area contributed by atoms with Crippen molar-refractivity contribution >= 4 is 29.0 Å². The number of carboxylic acids is 1. The fraction of sp³-hybridized carbons (Fsp3) is 0.353. The second-order valence-electron chi connectivity index (χ2n) is 6.15. The molecule has 1 aromatic carbocycles. The summed E-state index contributed by atoms with van der Waals surface area (Å²) in [4.78, 5) is 28.0. The first-order valence-electron chi connectivity index (χ1n) is 7.59. The number of benzene rings is 1. The van der Waals surface area contributed by atoms with Gasteiger partial charge < -0.3 is 15.7 Å². The summed E-state index contributed by atoms with van der Waals surface area (Å²) in [5.74, 6) is -0.431. The first-order chi connectivity index (χ1) is 10.9. The van der Waals surface area contributed by atoms with Gasteiger partial charge in [0.2, 0.25) is 0 Å². The van der Waals surface area contributed by atoms with Gasteiger partial charge in [-0.05, 0) is 24.5 Å². The smallest absolute Gasteiger partial charge is 0.333 e. The number of amidine groups is 1. The standard InChI is InChI=1S/C17H19N3O3/c1-8(2)14-16(21)20-15(19-14)10-5-4-6-12-13(10)9(3)11(7-18-12)17(22)23/h4-6,8,14,18H,7H2,1-3H3,(H,22,23)(H,19,20,21). The van der Waals surface area contributed by atoms with Gasteiger partial charge in [-0.25, -0.2) is 4.79 Å². The van der Waals surface area contributed by atoms with E-state index >= 15 is 0 Å². The molecule has 0 saturated carbocycles. The number of nitrogens with one attached hydrogen (secondary N) is 2. The van der Waals surface area contributed by atoms with Crippen molar-refractivity contribution < 1.29 is 14.7 Å². The minimum Gasteiger partial charge on any atom is -0.478 e. The maximum absolute atomic E-state index is 12.1. The lowest BCUT2D eigenvalue weighted by Crippen LogP contribution is -2.32. The summed E-state index contributed by atoms with van der Waals surface area (Å²) in [5, 5.41) is 15.3. The van der Waals surface area contributed by atoms with Gasteiger partial charge in [0, 0.05) is 23.4 Å². The summed E-state index contributed by atoms with van der Waals surface area (Å²) in [7, 11) is 0. The molecule has 2 heterocycles. The summed E-state index contributed by atoms with van der Waals surface area (Å²) in [6, 6.07) is 5.23. The largest absolute Gasteiger partial charge is 0.478 e. The molecule has 1 aromatic rings. The summed E-state index contributed by atoms with van der Waals surface area (Å²) >= 11 is 0. The van der Waals surface area contributed by atoms with Gasteiger partial charge in [-0.3, -0.25) is 9.79 Å². The van der Waals surface area contributed by atoms with Crippen LogP contribution >= 0.6 is 0 Å². The molecule has 0 bridgehead atoms. The Labute approximate surface area is 134 Å². The molecule has 2 aliphatic heterocycles. The lowest BCUT2D eigenvalue weighted by Gasteiger charge is -2.23. The Balaban J connectivity index is 2.13. The fourth-order valence-corrected chi connectivity index (χ4v) is 3.01. The van der Waals surface area contributed by atoms with E-state index in [2.05, 4.69) is 15.6 Å². The molecule has 0 spiro atoms. The number of fused-ring (bicyclic) bond motifs is 1. The van der Waals surface area contributed by atoms with Crippen molar-refractivity contribution in [3.63, 3.8) is 0 Å². The molecule has 0 saturated heterocycles. The van der Waals surface area contributed by atoms with E-state index < -0.39 is 12.0 Å². The Kier molecular flexibility index (Phi) is 3.67. The second kappa shape index (κ2) is 5.53. The van der Waals surface area contributed by atoms with Crippen LogP contribution in [0.2, 0.25) is 0 Å². The fourth-order valence-electron chi connectivity index (χ4n) is 3.01. The van der Waals surface area contributed by atoms with Crippen LogP contribution in [0.3, 0.4) is 0 Å². The molecule has 1 amide bonds. The number of carbonyl (C=O) groups excluding carboxylic acids is 1. The molecule has 1 unspecified atom stereocenters. The van der Waals surface area contributed by atoms with Gasteiger partial charge >= 0.3 is 5.97 Å². The molecule has 2 aliphatic rings. The van der Waals surface area contributed by atoms with Crippen molar-refractivity contribution in [2.75, 3.05) is 11.9 Å². The zero-order valence-corrected chi connectivity index (χ0v) is 13.3. The van der Waals surface area contributed by atoms with Gasteiger partial charge in [-0.2, -0.15) is 0 Å². The van der Waals surface area contributed by atoms with E-state index in [4.69, 9.17) is 0 Å². The molecule has 0 aromatic heterocycles. The molecular weight excluding hydrogens is 294 g/mol. The topological polar surface area (TPSA) is 90.8 Å². The lowest BCUT2D eigenvalue weighted by atomic mass is 9.91. The highest BCUT2D eigenvalue weighted by molar-refractivity contribution is 6.17. The van der Waals surface area contributed by atoms with Crippen LogP contribution < -0.4 is 10.6 Å². The average molecular weight is 313 g/mol. The monoisotopic (exact) mass is 313 g/mol. The molecule has 0 fully saturated rings. The highest BCUT2D eigenvalue weighted by atomic mass is 16.4. The third kappa shape index (κ3) is 2.50.